The summed E-state index contributed by atoms with van der Waals surface area (Å²) in [5.74, 6) is -0.400. The number of carbonyl (C=O) groups is 1. The minimum Gasteiger partial charge on any atom is -0.382 e. The summed E-state index contributed by atoms with van der Waals surface area (Å²) in [6.45, 7) is 5.05. The van der Waals surface area contributed by atoms with Gasteiger partial charge in [0.1, 0.15) is 10.6 Å². The van der Waals surface area contributed by atoms with Crippen molar-refractivity contribution >= 4 is 28.3 Å². The molecule has 0 aliphatic heterocycles. The molecule has 1 aromatic heterocycles. The Hall–Kier alpha value is -1.34. The zero-order chi connectivity index (χ0) is 12.1. The van der Waals surface area contributed by atoms with Crippen LogP contribution in [-0.4, -0.2) is 29.5 Å². The third kappa shape index (κ3) is 3.35. The summed E-state index contributed by atoms with van der Waals surface area (Å²) in [5, 5.41) is 3.62. The largest absolute Gasteiger partial charge is 0.382 e. The highest BCUT2D eigenvalue weighted by atomic mass is 32.1. The van der Waals surface area contributed by atoms with Gasteiger partial charge < -0.3 is 21.5 Å². The SMILES string of the molecule is CC(C)OCCNc1snc(N)c1C(N)=O. The molecule has 0 saturated heterocycles. The van der Waals surface area contributed by atoms with Crippen molar-refractivity contribution in [3.05, 3.63) is 5.56 Å². The summed E-state index contributed by atoms with van der Waals surface area (Å²) in [7, 11) is 0. The first-order valence-corrected chi connectivity index (χ1v) is 5.70. The fraction of sp³-hybridized carbons (Fsp3) is 0.556. The maximum absolute atomic E-state index is 11.1. The van der Waals surface area contributed by atoms with Crippen molar-refractivity contribution in [2.24, 2.45) is 5.73 Å². The first-order valence-electron chi connectivity index (χ1n) is 4.92. The van der Waals surface area contributed by atoms with Gasteiger partial charge in [-0.05, 0) is 25.4 Å². The minimum absolute atomic E-state index is 0.171. The van der Waals surface area contributed by atoms with E-state index in [0.717, 1.165) is 11.5 Å². The fourth-order valence-electron chi connectivity index (χ4n) is 1.12. The molecule has 0 aliphatic rings. The Labute approximate surface area is 98.1 Å². The highest BCUT2D eigenvalue weighted by Gasteiger charge is 2.15. The standard InChI is InChI=1S/C9H16N4O2S/c1-5(2)15-4-3-12-9-6(8(11)14)7(10)13-16-9/h5,12H,3-4H2,1-2H3,(H2,10,13)(H2,11,14). The van der Waals surface area contributed by atoms with Crippen molar-refractivity contribution in [1.29, 1.82) is 0 Å². The van der Waals surface area contributed by atoms with Gasteiger partial charge in [-0.3, -0.25) is 4.79 Å². The molecule has 1 amide bonds. The molecule has 0 unspecified atom stereocenters. The molecule has 0 saturated carbocycles. The van der Waals surface area contributed by atoms with E-state index in [1.54, 1.807) is 0 Å². The number of hydrogen-bond acceptors (Lipinski definition) is 6. The lowest BCUT2D eigenvalue weighted by Gasteiger charge is -2.08. The van der Waals surface area contributed by atoms with E-state index in [2.05, 4.69) is 9.69 Å². The van der Waals surface area contributed by atoms with Crippen molar-refractivity contribution in [2.45, 2.75) is 20.0 Å². The van der Waals surface area contributed by atoms with Gasteiger partial charge in [0.2, 0.25) is 0 Å². The summed E-state index contributed by atoms with van der Waals surface area (Å²) in [4.78, 5) is 11.1. The Morgan fingerprint density at radius 1 is 1.62 bits per heavy atom. The van der Waals surface area contributed by atoms with Gasteiger partial charge >= 0.3 is 0 Å². The highest BCUT2D eigenvalue weighted by Crippen LogP contribution is 2.25. The fourth-order valence-corrected chi connectivity index (χ4v) is 1.86. The highest BCUT2D eigenvalue weighted by molar-refractivity contribution is 7.11. The molecule has 16 heavy (non-hydrogen) atoms. The van der Waals surface area contributed by atoms with Crippen molar-refractivity contribution in [3.8, 4) is 0 Å². The van der Waals surface area contributed by atoms with Gasteiger partial charge in [0.15, 0.2) is 5.82 Å². The second kappa shape index (κ2) is 5.66. The molecule has 0 bridgehead atoms. The molecule has 1 heterocycles. The summed E-state index contributed by atoms with van der Waals surface area (Å²) in [5.41, 5.74) is 11.0. The summed E-state index contributed by atoms with van der Waals surface area (Å²) < 4.78 is 9.21. The Morgan fingerprint density at radius 2 is 2.31 bits per heavy atom. The van der Waals surface area contributed by atoms with Crippen LogP contribution in [0, 0.1) is 0 Å². The van der Waals surface area contributed by atoms with E-state index < -0.39 is 5.91 Å². The number of carbonyl (C=O) groups excluding carboxylic acids is 1. The first kappa shape index (κ1) is 12.7. The Morgan fingerprint density at radius 3 is 2.88 bits per heavy atom. The van der Waals surface area contributed by atoms with Gasteiger partial charge in [0.25, 0.3) is 5.91 Å². The molecule has 0 aliphatic carbocycles. The van der Waals surface area contributed by atoms with E-state index >= 15 is 0 Å². The number of nitrogen functional groups attached to an aromatic ring is 1. The average Bonchev–Trinajstić information content (AvgIpc) is 2.54. The van der Waals surface area contributed by atoms with Gasteiger partial charge in [-0.25, -0.2) is 0 Å². The van der Waals surface area contributed by atoms with E-state index in [9.17, 15) is 4.79 Å². The Bertz CT molecular complexity index is 364. The Kier molecular flexibility index (Phi) is 4.51. The smallest absolute Gasteiger partial charge is 0.255 e. The third-order valence-corrected chi connectivity index (χ3v) is 2.62. The van der Waals surface area contributed by atoms with E-state index in [1.807, 2.05) is 13.8 Å². The van der Waals surface area contributed by atoms with E-state index in [1.165, 1.54) is 0 Å². The molecule has 1 aromatic rings. The second-order valence-electron chi connectivity index (χ2n) is 3.48. The van der Waals surface area contributed by atoms with Crippen LogP contribution in [0.15, 0.2) is 0 Å². The molecule has 0 spiro atoms. The van der Waals surface area contributed by atoms with Crippen LogP contribution in [0.25, 0.3) is 0 Å². The summed E-state index contributed by atoms with van der Waals surface area (Å²) in [6.07, 6.45) is 0.184. The molecule has 90 valence electrons. The van der Waals surface area contributed by atoms with Gasteiger partial charge in [-0.15, -0.1) is 0 Å². The van der Waals surface area contributed by atoms with E-state index in [0.29, 0.717) is 18.2 Å². The zero-order valence-electron chi connectivity index (χ0n) is 9.32. The van der Waals surface area contributed by atoms with Gasteiger partial charge in [-0.1, -0.05) is 0 Å². The average molecular weight is 244 g/mol. The van der Waals surface area contributed by atoms with Gasteiger partial charge in [0.05, 0.1) is 12.7 Å². The van der Waals surface area contributed by atoms with Crippen molar-refractivity contribution in [1.82, 2.24) is 4.37 Å². The van der Waals surface area contributed by atoms with Crippen LogP contribution in [-0.2, 0) is 4.74 Å². The minimum atomic E-state index is -0.571. The first-order chi connectivity index (χ1) is 7.52. The lowest BCUT2D eigenvalue weighted by atomic mass is 10.3. The quantitative estimate of drug-likeness (QED) is 0.638. The molecule has 0 fully saturated rings. The topological polar surface area (TPSA) is 103 Å². The third-order valence-electron chi connectivity index (χ3n) is 1.80. The van der Waals surface area contributed by atoms with Gasteiger partial charge in [0, 0.05) is 6.54 Å². The molecule has 7 heteroatoms. The number of aromatic nitrogens is 1. The number of amides is 1. The van der Waals surface area contributed by atoms with Crippen LogP contribution in [0.5, 0.6) is 0 Å². The normalized spacial score (nSPS) is 10.7. The van der Waals surface area contributed by atoms with E-state index in [4.69, 9.17) is 16.2 Å². The van der Waals surface area contributed by atoms with Crippen LogP contribution >= 0.6 is 11.5 Å². The van der Waals surface area contributed by atoms with Crippen LogP contribution in [0.3, 0.4) is 0 Å². The molecule has 0 aromatic carbocycles. The number of rotatable bonds is 6. The number of nitrogens with two attached hydrogens (primary N) is 2. The lowest BCUT2D eigenvalue weighted by Crippen LogP contribution is -2.17. The van der Waals surface area contributed by atoms with Crippen molar-refractivity contribution in [3.63, 3.8) is 0 Å². The molecule has 5 N–H and O–H groups in total. The van der Waals surface area contributed by atoms with Crippen LogP contribution in [0.2, 0.25) is 0 Å². The van der Waals surface area contributed by atoms with Gasteiger partial charge in [-0.2, -0.15) is 4.37 Å². The van der Waals surface area contributed by atoms with Crippen molar-refractivity contribution in [2.75, 3.05) is 24.2 Å². The monoisotopic (exact) mass is 244 g/mol. The number of nitrogens with one attached hydrogen (secondary N) is 1. The van der Waals surface area contributed by atoms with Crippen LogP contribution in [0.4, 0.5) is 10.8 Å². The second-order valence-corrected chi connectivity index (χ2v) is 4.26. The molecular weight excluding hydrogens is 228 g/mol. The van der Waals surface area contributed by atoms with E-state index in [-0.39, 0.29) is 17.5 Å². The maximum atomic E-state index is 11.1. The summed E-state index contributed by atoms with van der Waals surface area (Å²) >= 11 is 1.12. The number of primary amides is 1. The molecule has 0 radical (unpaired) electrons. The van der Waals surface area contributed by atoms with Crippen LogP contribution in [0.1, 0.15) is 24.2 Å². The lowest BCUT2D eigenvalue weighted by molar-refractivity contribution is 0.0870. The summed E-state index contributed by atoms with van der Waals surface area (Å²) in [6, 6.07) is 0. The number of ether oxygens (including phenoxy) is 1. The molecular formula is C9H16N4O2S. The maximum Gasteiger partial charge on any atom is 0.255 e. The molecule has 6 nitrogen and oxygen atoms in total. The van der Waals surface area contributed by atoms with Crippen molar-refractivity contribution < 1.29 is 9.53 Å². The Balaban J connectivity index is 2.51. The number of nitrogens with zero attached hydrogens (tertiary/aromatic N) is 1. The number of anilines is 2. The predicted molar refractivity (Wildman–Crippen MR) is 64.6 cm³/mol. The van der Waals surface area contributed by atoms with Crippen LogP contribution < -0.4 is 16.8 Å². The number of hydrogen-bond donors (Lipinski definition) is 3. The molecule has 1 rings (SSSR count). The molecule has 0 atom stereocenters. The zero-order valence-corrected chi connectivity index (χ0v) is 10.1. The predicted octanol–water partition coefficient (Wildman–Crippen LogP) is 0.661.